The molecular formula is C34H39N5O7S2. The van der Waals surface area contributed by atoms with Crippen molar-refractivity contribution in [3.63, 3.8) is 0 Å². The summed E-state index contributed by atoms with van der Waals surface area (Å²) in [6.07, 6.45) is 4.86. The molecule has 254 valence electrons. The van der Waals surface area contributed by atoms with Crippen molar-refractivity contribution < 1.29 is 29.0 Å². The van der Waals surface area contributed by atoms with E-state index in [1.54, 1.807) is 27.0 Å². The molecule has 5 atom stereocenters. The van der Waals surface area contributed by atoms with E-state index in [0.717, 1.165) is 30.4 Å². The third kappa shape index (κ3) is 6.30. The van der Waals surface area contributed by atoms with Crippen LogP contribution in [0.25, 0.3) is 22.3 Å². The maximum Gasteiger partial charge on any atom is 0.408 e. The zero-order valence-corrected chi connectivity index (χ0v) is 28.6. The molecule has 5 unspecified atom stereocenters. The first-order chi connectivity index (χ1) is 22.8. The van der Waals surface area contributed by atoms with Crippen LogP contribution in [0.15, 0.2) is 57.3 Å². The Morgan fingerprint density at radius 2 is 1.83 bits per heavy atom. The summed E-state index contributed by atoms with van der Waals surface area (Å²) < 4.78 is 6.81. The number of carbonyl (C=O) groups is 4. The molecule has 3 fully saturated rings. The molecule has 1 saturated heterocycles. The summed E-state index contributed by atoms with van der Waals surface area (Å²) in [6.45, 7) is 9.01. The van der Waals surface area contributed by atoms with Gasteiger partial charge in [-0.15, -0.1) is 6.58 Å². The van der Waals surface area contributed by atoms with Crippen molar-refractivity contribution in [1.29, 1.82) is 0 Å². The molecule has 3 aromatic rings. The number of rotatable bonds is 10. The number of ether oxygens (including phenoxy) is 1. The summed E-state index contributed by atoms with van der Waals surface area (Å²) in [5.74, 6) is -2.86. The van der Waals surface area contributed by atoms with Crippen LogP contribution in [0.1, 0.15) is 58.9 Å². The molecule has 6 rings (SSSR count). The Hall–Kier alpha value is -4.30. The fourth-order valence-electron chi connectivity index (χ4n) is 6.46. The minimum atomic E-state index is -1.52. The van der Waals surface area contributed by atoms with E-state index >= 15 is 0 Å². The SMILES string of the molecule is C=CC1CC1(NC(=O)C1CC(n2ncc(-c3ccsc3)c(-c3ccsc3)c2=O)CN1C(=O)C(NC(=O)OC1CCC1)C(C)(C)C)C(=O)O. The second-order valence-corrected chi connectivity index (χ2v) is 15.4. The number of likely N-dealkylation sites (tertiary alicyclic amines) is 1. The molecule has 3 N–H and O–H groups in total. The smallest absolute Gasteiger partial charge is 0.408 e. The minimum absolute atomic E-state index is 0.00317. The first-order valence-corrected chi connectivity index (χ1v) is 17.8. The van der Waals surface area contributed by atoms with Crippen LogP contribution in [-0.2, 0) is 19.1 Å². The van der Waals surface area contributed by atoms with Crippen molar-refractivity contribution in [2.75, 3.05) is 6.54 Å². The number of hydrogen-bond donors (Lipinski definition) is 3. The lowest BCUT2D eigenvalue weighted by Gasteiger charge is -2.36. The van der Waals surface area contributed by atoms with Crippen LogP contribution < -0.4 is 16.2 Å². The molecule has 3 aromatic heterocycles. The number of aliphatic carboxylic acids is 1. The third-order valence-electron chi connectivity index (χ3n) is 9.58. The molecule has 0 aromatic carbocycles. The number of aromatic nitrogens is 2. The number of amides is 3. The average Bonchev–Trinajstić information content (AvgIpc) is 3.52. The summed E-state index contributed by atoms with van der Waals surface area (Å²) in [7, 11) is 0. The van der Waals surface area contributed by atoms with Gasteiger partial charge in [0.05, 0.1) is 17.8 Å². The minimum Gasteiger partial charge on any atom is -0.479 e. The van der Waals surface area contributed by atoms with Crippen molar-refractivity contribution in [1.82, 2.24) is 25.3 Å². The zero-order chi connectivity index (χ0) is 34.4. The van der Waals surface area contributed by atoms with E-state index in [1.807, 2.05) is 33.7 Å². The Bertz CT molecular complexity index is 1780. The van der Waals surface area contributed by atoms with E-state index < -0.39 is 58.9 Å². The van der Waals surface area contributed by atoms with E-state index in [1.165, 1.54) is 38.3 Å². The maximum atomic E-state index is 14.4. The Balaban J connectivity index is 1.36. The van der Waals surface area contributed by atoms with Gasteiger partial charge in [0.2, 0.25) is 11.8 Å². The number of nitrogens with zero attached hydrogens (tertiary/aromatic N) is 3. The molecule has 4 heterocycles. The molecule has 2 saturated carbocycles. The number of carboxylic acid groups (broad SMARTS) is 1. The molecule has 12 nitrogen and oxygen atoms in total. The summed E-state index contributed by atoms with van der Waals surface area (Å²) in [5, 5.41) is 27.6. The highest BCUT2D eigenvalue weighted by atomic mass is 32.1. The van der Waals surface area contributed by atoms with Crippen LogP contribution in [0, 0.1) is 11.3 Å². The molecule has 3 aliphatic rings. The largest absolute Gasteiger partial charge is 0.479 e. The third-order valence-corrected chi connectivity index (χ3v) is 10.9. The zero-order valence-electron chi connectivity index (χ0n) is 27.0. The Morgan fingerprint density at radius 1 is 1.15 bits per heavy atom. The normalized spacial score (nSPS) is 24.3. The Labute approximate surface area is 285 Å². The standard InChI is InChI=1S/C34H39N5O7S2/c1-5-21-14-34(21,31(43)44)37-28(40)25-13-22(16-38(25)30(42)27(33(2,3)4)36-32(45)46-23-7-6-8-23)39-29(41)26(20-10-12-48-18-20)24(15-35-39)19-9-11-47-17-19/h5,9-12,15,17-18,21-23,25,27H,1,6-8,13-14,16H2,2-4H3,(H,36,45)(H,37,40)(H,43,44). The van der Waals surface area contributed by atoms with E-state index in [0.29, 0.717) is 11.1 Å². The summed E-state index contributed by atoms with van der Waals surface area (Å²) in [6, 6.07) is 0.834. The fourth-order valence-corrected chi connectivity index (χ4v) is 7.76. The molecular weight excluding hydrogens is 655 g/mol. The van der Waals surface area contributed by atoms with Gasteiger partial charge in [-0.2, -0.15) is 27.8 Å². The molecule has 2 aliphatic carbocycles. The van der Waals surface area contributed by atoms with Crippen molar-refractivity contribution >= 4 is 46.6 Å². The van der Waals surface area contributed by atoms with E-state index in [4.69, 9.17) is 4.74 Å². The summed E-state index contributed by atoms with van der Waals surface area (Å²) in [4.78, 5) is 69.1. The van der Waals surface area contributed by atoms with Crippen LogP contribution in [0.2, 0.25) is 0 Å². The highest BCUT2D eigenvalue weighted by Crippen LogP contribution is 2.45. The molecule has 0 spiro atoms. The molecule has 1 aliphatic heterocycles. The van der Waals surface area contributed by atoms with Gasteiger partial charge >= 0.3 is 12.1 Å². The van der Waals surface area contributed by atoms with Gasteiger partial charge in [-0.25, -0.2) is 14.3 Å². The number of carboxylic acids is 1. The number of hydrogen-bond acceptors (Lipinski definition) is 9. The van der Waals surface area contributed by atoms with Crippen molar-refractivity contribution in [2.24, 2.45) is 11.3 Å². The van der Waals surface area contributed by atoms with Gasteiger partial charge in [0.1, 0.15) is 23.7 Å². The van der Waals surface area contributed by atoms with E-state index in [2.05, 4.69) is 22.3 Å². The average molecular weight is 694 g/mol. The Morgan fingerprint density at radius 3 is 2.38 bits per heavy atom. The predicted molar refractivity (Wildman–Crippen MR) is 182 cm³/mol. The molecule has 48 heavy (non-hydrogen) atoms. The van der Waals surface area contributed by atoms with Crippen molar-refractivity contribution in [3.8, 4) is 22.3 Å². The van der Waals surface area contributed by atoms with Crippen LogP contribution >= 0.6 is 22.7 Å². The summed E-state index contributed by atoms with van der Waals surface area (Å²) >= 11 is 2.96. The van der Waals surface area contributed by atoms with E-state index in [9.17, 15) is 29.1 Å². The van der Waals surface area contributed by atoms with Gasteiger partial charge in [-0.1, -0.05) is 26.8 Å². The highest BCUT2D eigenvalue weighted by Gasteiger charge is 2.61. The molecule has 0 bridgehead atoms. The van der Waals surface area contributed by atoms with Crippen LogP contribution in [0.5, 0.6) is 0 Å². The van der Waals surface area contributed by atoms with Gasteiger partial charge in [0.15, 0.2) is 0 Å². The van der Waals surface area contributed by atoms with Crippen LogP contribution in [0.3, 0.4) is 0 Å². The maximum absolute atomic E-state index is 14.4. The lowest BCUT2D eigenvalue weighted by atomic mass is 9.85. The number of carbonyl (C=O) groups excluding carboxylic acids is 3. The highest BCUT2D eigenvalue weighted by molar-refractivity contribution is 7.08. The first-order valence-electron chi connectivity index (χ1n) is 16.0. The Kier molecular flexibility index (Phi) is 9.07. The predicted octanol–water partition coefficient (Wildman–Crippen LogP) is 4.68. The van der Waals surface area contributed by atoms with Crippen molar-refractivity contribution in [2.45, 2.75) is 82.6 Å². The second kappa shape index (κ2) is 13.0. The van der Waals surface area contributed by atoms with Gasteiger partial charge in [0.25, 0.3) is 5.56 Å². The van der Waals surface area contributed by atoms with Gasteiger partial charge in [-0.3, -0.25) is 14.4 Å². The second-order valence-electron chi connectivity index (χ2n) is 13.8. The number of nitrogens with one attached hydrogen (secondary N) is 2. The van der Waals surface area contributed by atoms with Crippen LogP contribution in [-0.4, -0.2) is 73.9 Å². The quantitative estimate of drug-likeness (QED) is 0.258. The number of alkyl carbamates (subject to hydrolysis) is 1. The van der Waals surface area contributed by atoms with E-state index in [-0.39, 0.29) is 31.0 Å². The first kappa shape index (κ1) is 33.6. The molecule has 14 heteroatoms. The monoisotopic (exact) mass is 693 g/mol. The van der Waals surface area contributed by atoms with Gasteiger partial charge in [0, 0.05) is 24.4 Å². The summed E-state index contributed by atoms with van der Waals surface area (Å²) in [5.41, 5.74) is 0.0317. The molecule has 3 amide bonds. The topological polar surface area (TPSA) is 160 Å². The van der Waals surface area contributed by atoms with Crippen LogP contribution in [0.4, 0.5) is 4.79 Å². The van der Waals surface area contributed by atoms with Crippen molar-refractivity contribution in [3.05, 3.63) is 62.9 Å². The fraction of sp³-hybridized carbons (Fsp3) is 0.471. The van der Waals surface area contributed by atoms with Gasteiger partial charge < -0.3 is 25.4 Å². The molecule has 0 radical (unpaired) electrons. The number of thiophene rings is 2. The lowest BCUT2D eigenvalue weighted by molar-refractivity contribution is -0.146. The van der Waals surface area contributed by atoms with Gasteiger partial charge in [-0.05, 0) is 75.9 Å². The lowest BCUT2D eigenvalue weighted by Crippen LogP contribution is -2.59.